The van der Waals surface area contributed by atoms with E-state index in [1.807, 2.05) is 52.0 Å². The number of anilines is 1. The van der Waals surface area contributed by atoms with E-state index in [1.165, 1.54) is 0 Å². The van der Waals surface area contributed by atoms with Gasteiger partial charge in [-0.1, -0.05) is 12.1 Å². The topological polar surface area (TPSA) is 68.8 Å². The molecule has 0 heterocycles. The number of hydrogen-bond acceptors (Lipinski definition) is 5. The second kappa shape index (κ2) is 11.4. The van der Waals surface area contributed by atoms with E-state index >= 15 is 0 Å². The quantitative estimate of drug-likeness (QED) is 0.428. The molecule has 0 aromatic heterocycles. The summed E-state index contributed by atoms with van der Waals surface area (Å²) < 4.78 is 16.4. The van der Waals surface area contributed by atoms with E-state index in [0.717, 1.165) is 22.6 Å². The lowest BCUT2D eigenvalue weighted by Crippen LogP contribution is -2.31. The zero-order valence-electron chi connectivity index (χ0n) is 18.2. The van der Waals surface area contributed by atoms with Gasteiger partial charge in [-0.15, -0.1) is 0 Å². The zero-order valence-corrected chi connectivity index (χ0v) is 19.0. The highest BCUT2D eigenvalue weighted by Crippen LogP contribution is 2.31. The first-order valence-corrected chi connectivity index (χ1v) is 10.6. The fourth-order valence-corrected chi connectivity index (χ4v) is 3.26. The minimum absolute atomic E-state index is 0.0616. The van der Waals surface area contributed by atoms with Crippen molar-refractivity contribution in [3.8, 4) is 11.5 Å². The van der Waals surface area contributed by atoms with Gasteiger partial charge in [0.2, 0.25) is 0 Å². The molecule has 2 aromatic rings. The molecule has 2 aromatic carbocycles. The lowest BCUT2D eigenvalue weighted by Gasteiger charge is -2.20. The molecule has 0 aliphatic heterocycles. The molecule has 7 heteroatoms. The molecule has 30 heavy (non-hydrogen) atoms. The van der Waals surface area contributed by atoms with Crippen LogP contribution in [0.15, 0.2) is 36.4 Å². The molecular weight excluding hydrogens is 400 g/mol. The smallest absolute Gasteiger partial charge is 0.338 e. The van der Waals surface area contributed by atoms with Crippen LogP contribution in [0.5, 0.6) is 11.5 Å². The Kier molecular flexibility index (Phi) is 8.92. The summed E-state index contributed by atoms with van der Waals surface area (Å²) in [6.45, 7) is 11.0. The number of carbonyl (C=O) groups excluding carboxylic acids is 1. The van der Waals surface area contributed by atoms with Gasteiger partial charge < -0.3 is 24.8 Å². The summed E-state index contributed by atoms with van der Waals surface area (Å²) in [6, 6.07) is 11.2. The summed E-state index contributed by atoms with van der Waals surface area (Å²) in [5.41, 5.74) is 3.08. The van der Waals surface area contributed by atoms with Gasteiger partial charge in [-0.25, -0.2) is 4.79 Å². The molecule has 0 radical (unpaired) electrons. The van der Waals surface area contributed by atoms with Crippen LogP contribution in [0.3, 0.4) is 0 Å². The van der Waals surface area contributed by atoms with E-state index in [-0.39, 0.29) is 12.0 Å². The molecule has 0 saturated carbocycles. The summed E-state index contributed by atoms with van der Waals surface area (Å²) in [6.07, 6.45) is 0. The Bertz CT molecular complexity index is 886. The normalized spacial score (nSPS) is 11.4. The predicted octanol–water partition coefficient (Wildman–Crippen LogP) is 5.02. The van der Waals surface area contributed by atoms with Gasteiger partial charge in [-0.05, 0) is 82.2 Å². The predicted molar refractivity (Wildman–Crippen MR) is 124 cm³/mol. The minimum Gasteiger partial charge on any atom is -0.490 e. The summed E-state index contributed by atoms with van der Waals surface area (Å²) >= 11 is 5.49. The molecule has 0 amide bonds. The van der Waals surface area contributed by atoms with Crippen LogP contribution < -0.4 is 20.1 Å². The first kappa shape index (κ1) is 23.5. The monoisotopic (exact) mass is 430 g/mol. The second-order valence-corrected chi connectivity index (χ2v) is 7.00. The maximum absolute atomic E-state index is 12.1. The third-order valence-corrected chi connectivity index (χ3v) is 4.71. The van der Waals surface area contributed by atoms with Gasteiger partial charge in [0.15, 0.2) is 16.6 Å². The van der Waals surface area contributed by atoms with Gasteiger partial charge in [0, 0.05) is 5.69 Å². The number of nitrogens with one attached hydrogen (secondary N) is 2. The van der Waals surface area contributed by atoms with Crippen LogP contribution in [0.25, 0.3) is 0 Å². The van der Waals surface area contributed by atoms with Crippen molar-refractivity contribution in [2.45, 2.75) is 40.7 Å². The van der Waals surface area contributed by atoms with Gasteiger partial charge in [0.05, 0.1) is 31.4 Å². The van der Waals surface area contributed by atoms with Crippen molar-refractivity contribution >= 4 is 29.0 Å². The number of hydrogen-bond donors (Lipinski definition) is 2. The van der Waals surface area contributed by atoms with Crippen LogP contribution in [-0.2, 0) is 4.74 Å². The third-order valence-electron chi connectivity index (χ3n) is 4.49. The molecule has 0 spiro atoms. The Morgan fingerprint density at radius 1 is 1.03 bits per heavy atom. The molecule has 2 rings (SSSR count). The van der Waals surface area contributed by atoms with Crippen molar-refractivity contribution < 1.29 is 19.0 Å². The van der Waals surface area contributed by atoms with Crippen molar-refractivity contribution in [1.29, 1.82) is 0 Å². The fraction of sp³-hybridized carbons (Fsp3) is 0.391. The lowest BCUT2D eigenvalue weighted by atomic mass is 10.1. The molecule has 0 aliphatic carbocycles. The van der Waals surface area contributed by atoms with Gasteiger partial charge in [-0.2, -0.15) is 0 Å². The van der Waals surface area contributed by atoms with Crippen molar-refractivity contribution in [3.63, 3.8) is 0 Å². The van der Waals surface area contributed by atoms with Crippen LogP contribution in [0.4, 0.5) is 5.69 Å². The van der Waals surface area contributed by atoms with E-state index < -0.39 is 0 Å². The van der Waals surface area contributed by atoms with Crippen LogP contribution in [0, 0.1) is 6.92 Å². The number of esters is 1. The lowest BCUT2D eigenvalue weighted by molar-refractivity contribution is 0.0525. The van der Waals surface area contributed by atoms with Crippen LogP contribution in [0.1, 0.15) is 55.2 Å². The first-order valence-electron chi connectivity index (χ1n) is 10.1. The second-order valence-electron chi connectivity index (χ2n) is 6.59. The Morgan fingerprint density at radius 3 is 2.40 bits per heavy atom. The number of benzene rings is 2. The highest BCUT2D eigenvalue weighted by molar-refractivity contribution is 7.80. The van der Waals surface area contributed by atoms with Crippen LogP contribution >= 0.6 is 12.2 Å². The molecule has 2 N–H and O–H groups in total. The highest BCUT2D eigenvalue weighted by atomic mass is 32.1. The number of carbonyl (C=O) groups is 1. The van der Waals surface area contributed by atoms with Gasteiger partial charge in [0.25, 0.3) is 0 Å². The molecule has 0 unspecified atom stereocenters. The molecule has 6 nitrogen and oxygen atoms in total. The van der Waals surface area contributed by atoms with E-state index in [9.17, 15) is 4.79 Å². The Hall–Kier alpha value is -2.80. The molecule has 0 saturated heterocycles. The maximum Gasteiger partial charge on any atom is 0.338 e. The Balaban J connectivity index is 2.10. The van der Waals surface area contributed by atoms with Gasteiger partial charge in [-0.3, -0.25) is 0 Å². The van der Waals surface area contributed by atoms with Crippen molar-refractivity contribution in [2.75, 3.05) is 25.1 Å². The zero-order chi connectivity index (χ0) is 22.1. The molecule has 1 atom stereocenters. The SMILES string of the molecule is CCOC(=O)c1cccc(NC(=S)N[C@@H](C)c2ccc(OCC)c(OCC)c2)c1C. The van der Waals surface area contributed by atoms with E-state index in [1.54, 1.807) is 19.1 Å². The fourth-order valence-electron chi connectivity index (χ4n) is 2.98. The molecule has 162 valence electrons. The van der Waals surface area contributed by atoms with E-state index in [2.05, 4.69) is 10.6 Å². The first-order chi connectivity index (χ1) is 14.4. The van der Waals surface area contributed by atoms with Gasteiger partial charge in [0.1, 0.15) is 0 Å². The Labute approximate surface area is 183 Å². The summed E-state index contributed by atoms with van der Waals surface area (Å²) in [7, 11) is 0. The average molecular weight is 431 g/mol. The summed E-state index contributed by atoms with van der Waals surface area (Å²) in [5.74, 6) is 1.09. The van der Waals surface area contributed by atoms with Crippen molar-refractivity contribution in [1.82, 2.24) is 5.32 Å². The molecule has 0 aliphatic rings. The third kappa shape index (κ3) is 6.10. The Morgan fingerprint density at radius 2 is 1.73 bits per heavy atom. The minimum atomic E-state index is -0.344. The van der Waals surface area contributed by atoms with E-state index in [4.69, 9.17) is 26.4 Å². The number of ether oxygens (including phenoxy) is 3. The van der Waals surface area contributed by atoms with Crippen LogP contribution in [0.2, 0.25) is 0 Å². The van der Waals surface area contributed by atoms with E-state index in [0.29, 0.717) is 36.2 Å². The number of rotatable bonds is 9. The molecular formula is C23H30N2O4S. The van der Waals surface area contributed by atoms with Crippen molar-refractivity contribution in [2.24, 2.45) is 0 Å². The van der Waals surface area contributed by atoms with Gasteiger partial charge >= 0.3 is 5.97 Å². The largest absolute Gasteiger partial charge is 0.490 e. The molecule has 0 bridgehead atoms. The average Bonchev–Trinajstić information content (AvgIpc) is 2.71. The van der Waals surface area contributed by atoms with Crippen LogP contribution in [-0.4, -0.2) is 30.9 Å². The maximum atomic E-state index is 12.1. The molecule has 0 fully saturated rings. The van der Waals surface area contributed by atoms with Crippen molar-refractivity contribution in [3.05, 3.63) is 53.1 Å². The summed E-state index contributed by atoms with van der Waals surface area (Å²) in [5, 5.41) is 6.91. The standard InChI is InChI=1S/C23H30N2O4S/c1-6-27-20-13-12-17(14-21(20)28-7-2)16(5)24-23(30)25-19-11-9-10-18(15(19)4)22(26)29-8-3/h9-14,16H,6-8H2,1-5H3,(H2,24,25,30)/t16-/m0/s1. The highest BCUT2D eigenvalue weighted by Gasteiger charge is 2.15. The summed E-state index contributed by atoms with van der Waals surface area (Å²) in [4.78, 5) is 12.1. The number of thiocarbonyl (C=S) groups is 1.